The van der Waals surface area contributed by atoms with Crippen LogP contribution in [0.1, 0.15) is 71.3 Å². The molecule has 0 bridgehead atoms. The van der Waals surface area contributed by atoms with E-state index in [-0.39, 0.29) is 57.9 Å². The first-order valence-corrected chi connectivity index (χ1v) is 14.9. The fourth-order valence-corrected chi connectivity index (χ4v) is 3.70. The number of alkyl halides is 1. The molecule has 0 aliphatic carbocycles. The number of aliphatic hydroxyl groups excluding tert-OH is 2. The van der Waals surface area contributed by atoms with Crippen LogP contribution in [-0.4, -0.2) is 68.4 Å². The first-order valence-electron chi connectivity index (χ1n) is 13.3. The number of halogens is 4. The number of aliphatic hydroxyl groups is 3. The van der Waals surface area contributed by atoms with Crippen molar-refractivity contribution in [1.29, 1.82) is 0 Å². The molecule has 0 saturated carbocycles. The summed E-state index contributed by atoms with van der Waals surface area (Å²) in [5.41, 5.74) is 9.56. The lowest BCUT2D eigenvalue weighted by molar-refractivity contribution is -0.471. The van der Waals surface area contributed by atoms with Crippen LogP contribution in [-0.2, 0) is 10.5 Å². The monoisotopic (exact) mass is 759 g/mol. The fourth-order valence-electron chi connectivity index (χ4n) is 3.06. The van der Waals surface area contributed by atoms with E-state index in [1.54, 1.807) is 57.2 Å². The number of carbonyl (C=O) groups is 1. The van der Waals surface area contributed by atoms with E-state index in [4.69, 9.17) is 43.9 Å². The predicted octanol–water partition coefficient (Wildman–Crippen LogP) is 1.30. The number of Topliss-reactive ketones (excluding diaryl/α,β-unsaturated/α-hetero) is 1. The van der Waals surface area contributed by atoms with Gasteiger partial charge in [-0.05, 0) is 79.7 Å². The normalized spacial score (nSPS) is 20.1. The molecule has 1 aliphatic heterocycles. The van der Waals surface area contributed by atoms with E-state index in [9.17, 15) is 9.90 Å². The SMILES string of the molecule is CC(Br)C(=O)c1cccc(Cl)c1.CC(C)(N)CO.CC(C)([NH3+])CO.C[C@H]1NC(C)(C)CO[C@@]1(O)c1cccc(Cl)c1.[Br-]. The maximum atomic E-state index is 11.4. The maximum Gasteiger partial charge on any atom is 0.208 e. The number of rotatable bonds is 5. The Hall–Kier alpha value is -0.630. The molecule has 2 aromatic carbocycles. The van der Waals surface area contributed by atoms with E-state index < -0.39 is 11.3 Å². The van der Waals surface area contributed by atoms with Crippen molar-refractivity contribution in [2.45, 2.75) is 88.7 Å². The summed E-state index contributed by atoms with van der Waals surface area (Å²) in [4.78, 5) is 11.2. The van der Waals surface area contributed by atoms with Gasteiger partial charge in [0.2, 0.25) is 5.79 Å². The van der Waals surface area contributed by atoms with Gasteiger partial charge in [0.05, 0.1) is 30.7 Å². The standard InChI is InChI=1S/C13H18ClNO2.C9H8BrClO.2C4H11NO.BrH/c1-9-13(16,17-8-12(2,3)15-9)10-5-4-6-11(14)7-10;1-6(10)9(12)7-3-2-4-8(11)5-7;2*1-4(2,5)3-6;/h4-7,9,15-16H,8H2,1-3H3;2-6H,1H3;2*6H,3,5H2,1-2H3;1H/t9-,13-;;;;/m1..../s1. The number of nitrogens with one attached hydrogen (secondary N) is 1. The zero-order valence-electron chi connectivity index (χ0n) is 25.8. The molecule has 1 fully saturated rings. The van der Waals surface area contributed by atoms with Crippen molar-refractivity contribution in [1.82, 2.24) is 5.32 Å². The van der Waals surface area contributed by atoms with Crippen molar-refractivity contribution in [2.24, 2.45) is 5.73 Å². The summed E-state index contributed by atoms with van der Waals surface area (Å²) in [6, 6.07) is 13.9. The third kappa shape index (κ3) is 17.6. The molecule has 9 N–H and O–H groups in total. The van der Waals surface area contributed by atoms with Gasteiger partial charge in [0.15, 0.2) is 5.78 Å². The molecular weight excluding hydrogens is 713 g/mol. The number of quaternary nitrogens is 1. The second-order valence-electron chi connectivity index (χ2n) is 12.2. The number of benzene rings is 2. The summed E-state index contributed by atoms with van der Waals surface area (Å²) in [7, 11) is 0. The number of hydrogen-bond donors (Lipinski definition) is 6. The Morgan fingerprint density at radius 3 is 1.93 bits per heavy atom. The molecule has 12 heteroatoms. The molecule has 1 aliphatic rings. The van der Waals surface area contributed by atoms with Crippen molar-refractivity contribution in [3.63, 3.8) is 0 Å². The lowest BCUT2D eigenvalue weighted by atomic mass is 9.93. The van der Waals surface area contributed by atoms with Gasteiger partial charge >= 0.3 is 0 Å². The van der Waals surface area contributed by atoms with Gasteiger partial charge < -0.3 is 53.8 Å². The van der Waals surface area contributed by atoms with Gasteiger partial charge in [0.1, 0.15) is 5.54 Å². The van der Waals surface area contributed by atoms with Crippen LogP contribution in [0.2, 0.25) is 10.0 Å². The van der Waals surface area contributed by atoms with Crippen LogP contribution in [0.5, 0.6) is 0 Å². The van der Waals surface area contributed by atoms with Gasteiger partial charge in [-0.2, -0.15) is 0 Å². The lowest BCUT2D eigenvalue weighted by Crippen LogP contribution is -3.00. The molecule has 2 aromatic rings. The van der Waals surface area contributed by atoms with E-state index in [0.717, 1.165) is 0 Å². The Morgan fingerprint density at radius 1 is 1.12 bits per heavy atom. The fraction of sp³-hybridized carbons (Fsp3) is 0.567. The number of ketones is 1. The molecule has 242 valence electrons. The second kappa shape index (κ2) is 19.0. The van der Waals surface area contributed by atoms with Crippen LogP contribution >= 0.6 is 39.1 Å². The van der Waals surface area contributed by atoms with Crippen LogP contribution in [0.15, 0.2) is 48.5 Å². The van der Waals surface area contributed by atoms with Gasteiger partial charge in [-0.15, -0.1) is 0 Å². The third-order valence-corrected chi connectivity index (χ3v) is 6.28. The highest BCUT2D eigenvalue weighted by Gasteiger charge is 2.44. The molecule has 0 aromatic heterocycles. The van der Waals surface area contributed by atoms with Crippen molar-refractivity contribution in [3.8, 4) is 0 Å². The van der Waals surface area contributed by atoms with Gasteiger partial charge in [-0.1, -0.05) is 63.4 Å². The molecule has 1 unspecified atom stereocenters. The molecule has 0 amide bonds. The Balaban J connectivity index is 0. The first-order chi connectivity index (χ1) is 18.6. The molecule has 1 saturated heterocycles. The van der Waals surface area contributed by atoms with Crippen molar-refractivity contribution in [2.75, 3.05) is 19.8 Å². The molecule has 3 rings (SSSR count). The number of nitrogens with two attached hydrogens (primary N) is 1. The van der Waals surface area contributed by atoms with Gasteiger partial charge in [0.25, 0.3) is 0 Å². The molecule has 42 heavy (non-hydrogen) atoms. The summed E-state index contributed by atoms with van der Waals surface area (Å²) in [6.07, 6.45) is 0. The highest BCUT2D eigenvalue weighted by Crippen LogP contribution is 2.33. The molecular formula is C30H49Br2Cl2N3O5. The number of hydrogen-bond acceptors (Lipinski definition) is 7. The minimum atomic E-state index is -1.32. The van der Waals surface area contributed by atoms with Crippen molar-refractivity contribution >= 4 is 44.9 Å². The number of morpholine rings is 1. The third-order valence-electron chi connectivity index (χ3n) is 5.39. The Morgan fingerprint density at radius 2 is 1.57 bits per heavy atom. The predicted molar refractivity (Wildman–Crippen MR) is 172 cm³/mol. The average molecular weight is 762 g/mol. The highest BCUT2D eigenvalue weighted by molar-refractivity contribution is 9.10. The number of ether oxygens (including phenoxy) is 1. The average Bonchev–Trinajstić information content (AvgIpc) is 2.86. The van der Waals surface area contributed by atoms with E-state index in [1.165, 1.54) is 0 Å². The molecule has 8 nitrogen and oxygen atoms in total. The van der Waals surface area contributed by atoms with Crippen molar-refractivity contribution < 1.29 is 47.6 Å². The smallest absolute Gasteiger partial charge is 0.208 e. The van der Waals surface area contributed by atoms with E-state index in [1.807, 2.05) is 46.8 Å². The Labute approximate surface area is 280 Å². The summed E-state index contributed by atoms with van der Waals surface area (Å²) in [5, 5.41) is 31.8. The molecule has 1 heterocycles. The largest absolute Gasteiger partial charge is 1.00 e. The summed E-state index contributed by atoms with van der Waals surface area (Å²) < 4.78 is 5.67. The summed E-state index contributed by atoms with van der Waals surface area (Å²) in [5.74, 6) is -1.27. The molecule has 0 radical (unpaired) electrons. The van der Waals surface area contributed by atoms with E-state index >= 15 is 0 Å². The van der Waals surface area contributed by atoms with Crippen molar-refractivity contribution in [3.05, 3.63) is 69.7 Å². The van der Waals surface area contributed by atoms with Gasteiger partial charge in [0, 0.05) is 32.3 Å². The van der Waals surface area contributed by atoms with Crippen LogP contribution < -0.4 is 33.8 Å². The number of carbonyl (C=O) groups excluding carboxylic acids is 1. The quantitative estimate of drug-likeness (QED) is 0.199. The van der Waals surface area contributed by atoms with Crippen LogP contribution in [0.25, 0.3) is 0 Å². The topological polar surface area (TPSA) is 153 Å². The first kappa shape index (κ1) is 43.5. The van der Waals surface area contributed by atoms with Gasteiger partial charge in [-0.3, -0.25) is 4.79 Å². The molecule has 3 atom stereocenters. The van der Waals surface area contributed by atoms with E-state index in [2.05, 4.69) is 27.0 Å². The van der Waals surface area contributed by atoms with Gasteiger partial charge in [-0.25, -0.2) is 0 Å². The Kier molecular flexibility index (Phi) is 19.7. The minimum absolute atomic E-state index is 0. The van der Waals surface area contributed by atoms with Crippen LogP contribution in [0.4, 0.5) is 0 Å². The summed E-state index contributed by atoms with van der Waals surface area (Å²) >= 11 is 14.9. The molecule has 0 spiro atoms. The van der Waals surface area contributed by atoms with E-state index in [0.29, 0.717) is 27.8 Å². The van der Waals surface area contributed by atoms with Crippen LogP contribution in [0.3, 0.4) is 0 Å². The van der Waals surface area contributed by atoms with Crippen LogP contribution in [0, 0.1) is 0 Å². The zero-order chi connectivity index (χ0) is 32.2. The Bertz CT molecular complexity index is 1070. The highest BCUT2D eigenvalue weighted by atomic mass is 79.9. The maximum absolute atomic E-state index is 11.4. The minimum Gasteiger partial charge on any atom is -1.00 e. The summed E-state index contributed by atoms with van der Waals surface area (Å²) in [6.45, 7) is 15.7. The zero-order valence-corrected chi connectivity index (χ0v) is 30.5. The second-order valence-corrected chi connectivity index (χ2v) is 14.5. The lowest BCUT2D eigenvalue weighted by Gasteiger charge is -2.46.